The summed E-state index contributed by atoms with van der Waals surface area (Å²) in [7, 11) is 0. The van der Waals surface area contributed by atoms with Gasteiger partial charge in [0.05, 0.1) is 0 Å². The third-order valence-corrected chi connectivity index (χ3v) is 4.16. The molecule has 1 aliphatic heterocycles. The second-order valence-electron chi connectivity index (χ2n) is 6.17. The molecule has 1 unspecified atom stereocenters. The summed E-state index contributed by atoms with van der Waals surface area (Å²) in [5.74, 6) is 0.666. The summed E-state index contributed by atoms with van der Waals surface area (Å²) < 4.78 is 18.5. The molecule has 0 radical (unpaired) electrons. The lowest BCUT2D eigenvalue weighted by atomic mass is 10.1. The number of aromatic nitrogens is 2. The highest BCUT2D eigenvalue weighted by Crippen LogP contribution is 2.19. The molecule has 0 spiro atoms. The maximum atomic E-state index is 13.3. The molecular weight excluding hydrogens is 311 g/mol. The number of benzene rings is 1. The quantitative estimate of drug-likeness (QED) is 0.926. The van der Waals surface area contributed by atoms with Crippen LogP contribution in [0.25, 0.3) is 11.4 Å². The van der Waals surface area contributed by atoms with Crippen molar-refractivity contribution in [2.24, 2.45) is 0 Å². The summed E-state index contributed by atoms with van der Waals surface area (Å²) in [6, 6.07) is 5.00. The summed E-state index contributed by atoms with van der Waals surface area (Å²) in [6.45, 7) is 6.03. The van der Waals surface area contributed by atoms with Crippen molar-refractivity contribution in [3.63, 3.8) is 0 Å². The average Bonchev–Trinajstić information content (AvgIpc) is 3.04. The zero-order valence-electron chi connectivity index (χ0n) is 13.9. The van der Waals surface area contributed by atoms with Gasteiger partial charge in [-0.2, -0.15) is 4.98 Å². The molecule has 1 atom stereocenters. The molecule has 1 fully saturated rings. The number of hydrogen-bond donors (Lipinski definition) is 1. The molecule has 2 aromatic rings. The van der Waals surface area contributed by atoms with Crippen LogP contribution < -0.4 is 5.32 Å². The molecule has 0 aliphatic carbocycles. The molecule has 0 saturated carbocycles. The highest BCUT2D eigenvalue weighted by atomic mass is 19.1. The van der Waals surface area contributed by atoms with Crippen molar-refractivity contribution in [2.45, 2.75) is 32.7 Å². The van der Waals surface area contributed by atoms with Crippen LogP contribution in [0.4, 0.5) is 4.39 Å². The third kappa shape index (κ3) is 3.79. The van der Waals surface area contributed by atoms with E-state index in [2.05, 4.69) is 22.4 Å². The number of rotatable bonds is 4. The summed E-state index contributed by atoms with van der Waals surface area (Å²) in [5.41, 5.74) is 1.23. The minimum Gasteiger partial charge on any atom is -0.340 e. The van der Waals surface area contributed by atoms with E-state index in [1.54, 1.807) is 19.1 Å². The first-order valence-corrected chi connectivity index (χ1v) is 8.13. The molecule has 1 aromatic heterocycles. The normalized spacial score (nSPS) is 18.0. The van der Waals surface area contributed by atoms with Gasteiger partial charge in [0.15, 0.2) is 0 Å². The third-order valence-electron chi connectivity index (χ3n) is 4.16. The summed E-state index contributed by atoms with van der Waals surface area (Å²) in [5, 5.41) is 7.23. The standard InChI is InChI=1S/C17H21FN4O2/c1-11-9-13(3-4-14(11)18)17-20-15(24-21-17)5-6-16(23)22-8-7-19-12(2)10-22/h3-4,9,12,19H,5-8,10H2,1-2H3. The van der Waals surface area contributed by atoms with Crippen molar-refractivity contribution < 1.29 is 13.7 Å². The molecule has 1 aromatic carbocycles. The van der Waals surface area contributed by atoms with E-state index in [1.165, 1.54) is 6.07 Å². The summed E-state index contributed by atoms with van der Waals surface area (Å²) >= 11 is 0. The number of carbonyl (C=O) groups is 1. The van der Waals surface area contributed by atoms with E-state index in [1.807, 2.05) is 4.90 Å². The topological polar surface area (TPSA) is 71.3 Å². The van der Waals surface area contributed by atoms with E-state index in [0.717, 1.165) is 19.6 Å². The largest absolute Gasteiger partial charge is 0.340 e. The zero-order valence-corrected chi connectivity index (χ0v) is 13.9. The smallest absolute Gasteiger partial charge is 0.227 e. The van der Waals surface area contributed by atoms with Crippen molar-refractivity contribution >= 4 is 5.91 Å². The van der Waals surface area contributed by atoms with Gasteiger partial charge in [0, 0.05) is 44.1 Å². The number of halogens is 1. The number of amides is 1. The van der Waals surface area contributed by atoms with Gasteiger partial charge in [-0.1, -0.05) is 5.16 Å². The first-order valence-electron chi connectivity index (χ1n) is 8.13. The molecule has 0 bridgehead atoms. The Morgan fingerprint density at radius 2 is 2.33 bits per heavy atom. The van der Waals surface area contributed by atoms with Crippen LogP contribution in [0, 0.1) is 12.7 Å². The summed E-state index contributed by atoms with van der Waals surface area (Å²) in [6.07, 6.45) is 0.751. The second-order valence-corrected chi connectivity index (χ2v) is 6.17. The van der Waals surface area contributed by atoms with Gasteiger partial charge in [0.1, 0.15) is 5.82 Å². The van der Waals surface area contributed by atoms with Crippen LogP contribution in [0.2, 0.25) is 0 Å². The van der Waals surface area contributed by atoms with Gasteiger partial charge in [-0.15, -0.1) is 0 Å². The number of nitrogens with zero attached hydrogens (tertiary/aromatic N) is 3. The number of piperazine rings is 1. The lowest BCUT2D eigenvalue weighted by Gasteiger charge is -2.31. The number of hydrogen-bond acceptors (Lipinski definition) is 5. The Morgan fingerprint density at radius 1 is 1.50 bits per heavy atom. The fourth-order valence-electron chi connectivity index (χ4n) is 2.79. The molecule has 6 nitrogen and oxygen atoms in total. The van der Waals surface area contributed by atoms with Gasteiger partial charge >= 0.3 is 0 Å². The Morgan fingerprint density at radius 3 is 3.08 bits per heavy atom. The van der Waals surface area contributed by atoms with E-state index < -0.39 is 0 Å². The first kappa shape index (κ1) is 16.6. The molecule has 2 heterocycles. The Bertz CT molecular complexity index is 731. The lowest BCUT2D eigenvalue weighted by molar-refractivity contribution is -0.132. The number of carbonyl (C=O) groups excluding carboxylic acids is 1. The molecular formula is C17H21FN4O2. The maximum Gasteiger partial charge on any atom is 0.227 e. The Labute approximate surface area is 140 Å². The minimum atomic E-state index is -0.265. The van der Waals surface area contributed by atoms with Crippen molar-refractivity contribution in [2.75, 3.05) is 19.6 Å². The molecule has 7 heteroatoms. The predicted molar refractivity (Wildman–Crippen MR) is 86.8 cm³/mol. The van der Waals surface area contributed by atoms with E-state index >= 15 is 0 Å². The molecule has 3 rings (SSSR count). The van der Waals surface area contributed by atoms with Crippen molar-refractivity contribution in [1.29, 1.82) is 0 Å². The molecule has 1 aliphatic rings. The highest BCUT2D eigenvalue weighted by molar-refractivity contribution is 5.76. The van der Waals surface area contributed by atoms with Gasteiger partial charge < -0.3 is 14.7 Å². The van der Waals surface area contributed by atoms with E-state index in [-0.39, 0.29) is 11.7 Å². The van der Waals surface area contributed by atoms with Gasteiger partial charge in [0.2, 0.25) is 17.6 Å². The first-order chi connectivity index (χ1) is 11.5. The predicted octanol–water partition coefficient (Wildman–Crippen LogP) is 1.94. The molecule has 1 saturated heterocycles. The molecule has 128 valence electrons. The number of aryl methyl sites for hydroxylation is 2. The van der Waals surface area contributed by atoms with Crippen LogP contribution in [-0.4, -0.2) is 46.6 Å². The molecule has 1 amide bonds. The Balaban J connectivity index is 1.59. The van der Waals surface area contributed by atoms with E-state index in [0.29, 0.717) is 41.7 Å². The Hall–Kier alpha value is -2.28. The van der Waals surface area contributed by atoms with Crippen molar-refractivity contribution in [1.82, 2.24) is 20.4 Å². The van der Waals surface area contributed by atoms with E-state index in [9.17, 15) is 9.18 Å². The van der Waals surface area contributed by atoms with Crippen LogP contribution in [0.15, 0.2) is 22.7 Å². The van der Waals surface area contributed by atoms with Crippen LogP contribution in [-0.2, 0) is 11.2 Å². The van der Waals surface area contributed by atoms with Crippen LogP contribution >= 0.6 is 0 Å². The van der Waals surface area contributed by atoms with Gasteiger partial charge in [-0.05, 0) is 37.6 Å². The molecule has 24 heavy (non-hydrogen) atoms. The minimum absolute atomic E-state index is 0.0979. The van der Waals surface area contributed by atoms with Crippen LogP contribution in [0.5, 0.6) is 0 Å². The SMILES string of the molecule is Cc1cc(-c2noc(CCC(=O)N3CCNC(C)C3)n2)ccc1F. The summed E-state index contributed by atoms with van der Waals surface area (Å²) in [4.78, 5) is 18.4. The van der Waals surface area contributed by atoms with Crippen molar-refractivity contribution in [3.05, 3.63) is 35.5 Å². The van der Waals surface area contributed by atoms with Gasteiger partial charge in [-0.25, -0.2) is 4.39 Å². The van der Waals surface area contributed by atoms with Gasteiger partial charge in [-0.3, -0.25) is 4.79 Å². The van der Waals surface area contributed by atoms with Crippen LogP contribution in [0.1, 0.15) is 24.8 Å². The number of nitrogens with one attached hydrogen (secondary N) is 1. The maximum absolute atomic E-state index is 13.3. The zero-order chi connectivity index (χ0) is 17.1. The van der Waals surface area contributed by atoms with Crippen molar-refractivity contribution in [3.8, 4) is 11.4 Å². The van der Waals surface area contributed by atoms with E-state index in [4.69, 9.17) is 4.52 Å². The molecule has 1 N–H and O–H groups in total. The van der Waals surface area contributed by atoms with Crippen LogP contribution in [0.3, 0.4) is 0 Å². The van der Waals surface area contributed by atoms with Gasteiger partial charge in [0.25, 0.3) is 0 Å². The highest BCUT2D eigenvalue weighted by Gasteiger charge is 2.21. The lowest BCUT2D eigenvalue weighted by Crippen LogP contribution is -2.51. The average molecular weight is 332 g/mol. The monoisotopic (exact) mass is 332 g/mol. The second kappa shape index (κ2) is 7.09. The Kier molecular flexibility index (Phi) is 4.89. The fraction of sp³-hybridized carbons (Fsp3) is 0.471. The fourth-order valence-corrected chi connectivity index (χ4v) is 2.79.